The number of hydrogen-bond acceptors (Lipinski definition) is 3. The summed E-state index contributed by atoms with van der Waals surface area (Å²) in [6.45, 7) is 0. The fraction of sp³-hybridized carbons (Fsp3) is 0.0833. The summed E-state index contributed by atoms with van der Waals surface area (Å²) in [5.41, 5.74) is 6.79. The molecule has 2 rings (SSSR count). The minimum Gasteiger partial charge on any atom is -0.384 e. The van der Waals surface area contributed by atoms with Crippen LogP contribution in [0.5, 0.6) is 0 Å². The molecule has 0 aliphatic carbocycles. The second-order valence-corrected chi connectivity index (χ2v) is 4.74. The van der Waals surface area contributed by atoms with E-state index in [0.29, 0.717) is 10.8 Å². The molecule has 0 aliphatic heterocycles. The molecule has 1 heterocycles. The first-order chi connectivity index (χ1) is 7.75. The number of hydrogen-bond donors (Lipinski definition) is 1. The fourth-order valence-electron chi connectivity index (χ4n) is 1.27. The fourth-order valence-corrected chi connectivity index (χ4v) is 2.44. The number of pyridine rings is 1. The van der Waals surface area contributed by atoms with E-state index in [9.17, 15) is 0 Å². The van der Waals surface area contributed by atoms with Crippen LogP contribution in [0.1, 0.15) is 5.56 Å². The molecule has 0 radical (unpaired) electrons. The Balaban J connectivity index is 2.05. The molecule has 0 fully saturated rings. The van der Waals surface area contributed by atoms with Crippen molar-refractivity contribution >= 4 is 29.2 Å². The van der Waals surface area contributed by atoms with E-state index in [1.807, 2.05) is 18.2 Å². The third-order valence-electron chi connectivity index (χ3n) is 2.08. The monoisotopic (exact) mass is 250 g/mol. The number of nitrogens with two attached hydrogens (primary N) is 1. The van der Waals surface area contributed by atoms with Gasteiger partial charge in [-0.3, -0.25) is 0 Å². The zero-order valence-corrected chi connectivity index (χ0v) is 10.1. The van der Waals surface area contributed by atoms with Gasteiger partial charge in [-0.15, -0.1) is 11.8 Å². The molecule has 2 nitrogen and oxygen atoms in total. The maximum absolute atomic E-state index is 6.05. The summed E-state index contributed by atoms with van der Waals surface area (Å²) in [5.74, 6) is 1.33. The van der Waals surface area contributed by atoms with Crippen LogP contribution >= 0.6 is 23.4 Å². The van der Waals surface area contributed by atoms with Crippen molar-refractivity contribution in [2.75, 3.05) is 5.73 Å². The molecule has 0 bridgehead atoms. The van der Waals surface area contributed by atoms with Crippen molar-refractivity contribution in [2.24, 2.45) is 0 Å². The summed E-state index contributed by atoms with van der Waals surface area (Å²) in [7, 11) is 0. The summed E-state index contributed by atoms with van der Waals surface area (Å²) in [6, 6.07) is 11.9. The molecule has 0 atom stereocenters. The Morgan fingerprint density at radius 1 is 1.25 bits per heavy atom. The van der Waals surface area contributed by atoms with Gasteiger partial charge < -0.3 is 5.73 Å². The average molecular weight is 251 g/mol. The topological polar surface area (TPSA) is 38.9 Å². The standard InChI is InChI=1S/C12H11ClN2S/c13-10-6-12(14)15-7-11(10)16-8-9-4-2-1-3-5-9/h1-7H,8H2,(H2,14,15). The van der Waals surface area contributed by atoms with Crippen LogP contribution in [0.3, 0.4) is 0 Å². The van der Waals surface area contributed by atoms with Crippen LogP contribution in [-0.2, 0) is 5.75 Å². The third kappa shape index (κ3) is 2.90. The highest BCUT2D eigenvalue weighted by Crippen LogP contribution is 2.29. The zero-order valence-electron chi connectivity index (χ0n) is 8.56. The largest absolute Gasteiger partial charge is 0.384 e. The highest BCUT2D eigenvalue weighted by Gasteiger charge is 2.02. The maximum atomic E-state index is 6.05. The molecule has 0 unspecified atom stereocenters. The molecule has 2 N–H and O–H groups in total. The van der Waals surface area contributed by atoms with Crippen molar-refractivity contribution in [3.63, 3.8) is 0 Å². The Morgan fingerprint density at radius 2 is 2.00 bits per heavy atom. The Morgan fingerprint density at radius 3 is 2.69 bits per heavy atom. The second-order valence-electron chi connectivity index (χ2n) is 3.31. The summed E-state index contributed by atoms with van der Waals surface area (Å²) in [5, 5.41) is 0.661. The lowest BCUT2D eigenvalue weighted by molar-refractivity contribution is 1.24. The number of thioether (sulfide) groups is 1. The molecule has 82 valence electrons. The highest BCUT2D eigenvalue weighted by molar-refractivity contribution is 7.98. The van der Waals surface area contributed by atoms with Gasteiger partial charge in [0.1, 0.15) is 5.82 Å². The molecule has 16 heavy (non-hydrogen) atoms. The van der Waals surface area contributed by atoms with Gasteiger partial charge in [-0.25, -0.2) is 4.98 Å². The summed E-state index contributed by atoms with van der Waals surface area (Å²) >= 11 is 7.71. The van der Waals surface area contributed by atoms with Gasteiger partial charge in [0.25, 0.3) is 0 Å². The Hall–Kier alpha value is -1.19. The van der Waals surface area contributed by atoms with Crippen LogP contribution < -0.4 is 5.73 Å². The first-order valence-corrected chi connectivity index (χ1v) is 6.20. The minimum atomic E-state index is 0.453. The van der Waals surface area contributed by atoms with Crippen molar-refractivity contribution in [2.45, 2.75) is 10.6 Å². The molecule has 0 aliphatic rings. The Bertz CT molecular complexity index is 474. The van der Waals surface area contributed by atoms with E-state index >= 15 is 0 Å². The van der Waals surface area contributed by atoms with Crippen molar-refractivity contribution < 1.29 is 0 Å². The molecular weight excluding hydrogens is 240 g/mol. The SMILES string of the molecule is Nc1cc(Cl)c(SCc2ccccc2)cn1. The van der Waals surface area contributed by atoms with E-state index in [0.717, 1.165) is 10.6 Å². The summed E-state index contributed by atoms with van der Waals surface area (Å²) in [4.78, 5) is 4.98. The molecule has 0 saturated carbocycles. The minimum absolute atomic E-state index is 0.453. The van der Waals surface area contributed by atoms with Crippen molar-refractivity contribution in [3.8, 4) is 0 Å². The molecule has 1 aromatic heterocycles. The molecule has 4 heteroatoms. The third-order valence-corrected chi connectivity index (χ3v) is 3.62. The quantitative estimate of drug-likeness (QED) is 0.846. The maximum Gasteiger partial charge on any atom is 0.124 e. The van der Waals surface area contributed by atoms with Gasteiger partial charge in [-0.1, -0.05) is 41.9 Å². The van der Waals surface area contributed by atoms with Crippen LogP contribution in [0.4, 0.5) is 5.82 Å². The van der Waals surface area contributed by atoms with Gasteiger partial charge in [0.15, 0.2) is 0 Å². The van der Waals surface area contributed by atoms with E-state index in [4.69, 9.17) is 17.3 Å². The lowest BCUT2D eigenvalue weighted by Crippen LogP contribution is -1.90. The Kier molecular flexibility index (Phi) is 3.70. The smallest absolute Gasteiger partial charge is 0.124 e. The van der Waals surface area contributed by atoms with E-state index in [2.05, 4.69) is 17.1 Å². The normalized spacial score (nSPS) is 10.3. The first-order valence-electron chi connectivity index (χ1n) is 4.83. The molecule has 2 aromatic rings. The number of rotatable bonds is 3. The average Bonchev–Trinajstić information content (AvgIpc) is 2.29. The molecular formula is C12H11ClN2S. The summed E-state index contributed by atoms with van der Waals surface area (Å²) < 4.78 is 0. The van der Waals surface area contributed by atoms with E-state index < -0.39 is 0 Å². The predicted octanol–water partition coefficient (Wildman–Crippen LogP) is 3.61. The van der Waals surface area contributed by atoms with Crippen molar-refractivity contribution in [3.05, 3.63) is 53.2 Å². The van der Waals surface area contributed by atoms with Gasteiger partial charge in [0.2, 0.25) is 0 Å². The molecule has 0 amide bonds. The van der Waals surface area contributed by atoms with Gasteiger partial charge in [-0.2, -0.15) is 0 Å². The predicted molar refractivity (Wildman–Crippen MR) is 69.7 cm³/mol. The van der Waals surface area contributed by atoms with Crippen LogP contribution in [0.25, 0.3) is 0 Å². The molecule has 0 saturated heterocycles. The summed E-state index contributed by atoms with van der Waals surface area (Å²) in [6.07, 6.45) is 1.71. The Labute approximate surface area is 104 Å². The lowest BCUT2D eigenvalue weighted by Gasteiger charge is -2.04. The van der Waals surface area contributed by atoms with Crippen LogP contribution in [0, 0.1) is 0 Å². The number of nitrogens with zero attached hydrogens (tertiary/aromatic N) is 1. The van der Waals surface area contributed by atoms with Crippen molar-refractivity contribution in [1.29, 1.82) is 0 Å². The van der Waals surface area contributed by atoms with Gasteiger partial charge in [0, 0.05) is 22.9 Å². The lowest BCUT2D eigenvalue weighted by atomic mass is 10.2. The van der Waals surface area contributed by atoms with E-state index in [1.54, 1.807) is 24.0 Å². The number of benzene rings is 1. The van der Waals surface area contributed by atoms with Gasteiger partial charge in [-0.05, 0) is 5.56 Å². The van der Waals surface area contributed by atoms with Crippen molar-refractivity contribution in [1.82, 2.24) is 4.98 Å². The van der Waals surface area contributed by atoms with E-state index in [-0.39, 0.29) is 0 Å². The van der Waals surface area contributed by atoms with Gasteiger partial charge in [0.05, 0.1) is 5.02 Å². The number of halogens is 1. The molecule has 1 aromatic carbocycles. The first kappa shape index (κ1) is 11.3. The number of aromatic nitrogens is 1. The van der Waals surface area contributed by atoms with Crippen LogP contribution in [0.15, 0.2) is 47.5 Å². The zero-order chi connectivity index (χ0) is 11.4. The highest BCUT2D eigenvalue weighted by atomic mass is 35.5. The van der Waals surface area contributed by atoms with E-state index in [1.165, 1.54) is 5.56 Å². The number of anilines is 1. The van der Waals surface area contributed by atoms with Gasteiger partial charge >= 0.3 is 0 Å². The number of nitrogen functional groups attached to an aromatic ring is 1. The molecule has 0 spiro atoms. The second kappa shape index (κ2) is 5.23. The van der Waals surface area contributed by atoms with Crippen LogP contribution in [-0.4, -0.2) is 4.98 Å². The van der Waals surface area contributed by atoms with Crippen LogP contribution in [0.2, 0.25) is 5.02 Å².